The predicted molar refractivity (Wildman–Crippen MR) is 69.0 cm³/mol. The van der Waals surface area contributed by atoms with Gasteiger partial charge in [0, 0.05) is 16.1 Å². The van der Waals surface area contributed by atoms with Gasteiger partial charge in [0.1, 0.15) is 0 Å². The van der Waals surface area contributed by atoms with Gasteiger partial charge in [-0.25, -0.2) is 0 Å². The zero-order chi connectivity index (χ0) is 11.5. The van der Waals surface area contributed by atoms with Gasteiger partial charge in [-0.1, -0.05) is 29.3 Å². The minimum absolute atomic E-state index is 0.00225. The van der Waals surface area contributed by atoms with Crippen molar-refractivity contribution < 1.29 is 0 Å². The van der Waals surface area contributed by atoms with Crippen molar-refractivity contribution in [2.24, 2.45) is 11.7 Å². The average Bonchev–Trinajstić information content (AvgIpc) is 2.29. The molecule has 16 heavy (non-hydrogen) atoms. The Morgan fingerprint density at radius 2 is 2.19 bits per heavy atom. The molecule has 1 aliphatic rings. The van der Waals surface area contributed by atoms with Gasteiger partial charge in [0.2, 0.25) is 0 Å². The van der Waals surface area contributed by atoms with Crippen LogP contribution in [0.3, 0.4) is 0 Å². The van der Waals surface area contributed by atoms with Gasteiger partial charge in [-0.3, -0.25) is 0 Å². The summed E-state index contributed by atoms with van der Waals surface area (Å²) in [6, 6.07) is 5.54. The maximum Gasteiger partial charge on any atom is 0.0468 e. The van der Waals surface area contributed by atoms with Crippen LogP contribution >= 0.6 is 23.2 Å². The van der Waals surface area contributed by atoms with Crippen LogP contribution in [0.4, 0.5) is 0 Å². The summed E-state index contributed by atoms with van der Waals surface area (Å²) in [7, 11) is 0. The summed E-state index contributed by atoms with van der Waals surface area (Å²) >= 11 is 12.0. The maximum atomic E-state index is 6.25. The molecule has 0 radical (unpaired) electrons. The van der Waals surface area contributed by atoms with Crippen molar-refractivity contribution in [3.8, 4) is 0 Å². The lowest BCUT2D eigenvalue weighted by Gasteiger charge is -2.29. The van der Waals surface area contributed by atoms with Gasteiger partial charge in [-0.05, 0) is 49.5 Å². The number of nitrogens with two attached hydrogens (primary N) is 1. The van der Waals surface area contributed by atoms with Crippen LogP contribution in [-0.2, 0) is 0 Å². The molecular formula is C12H16Cl2N2. The SMILES string of the molecule is NC(c1ccc(Cl)cc1Cl)C1CCCNC1. The van der Waals surface area contributed by atoms with E-state index in [4.69, 9.17) is 28.9 Å². The standard InChI is InChI=1S/C12H16Cl2N2/c13-9-3-4-10(11(14)6-9)12(15)8-2-1-5-16-7-8/h3-4,6,8,12,16H,1-2,5,7,15H2. The second kappa shape index (κ2) is 5.37. The first-order valence-electron chi connectivity index (χ1n) is 5.59. The Kier molecular flexibility index (Phi) is 4.09. The van der Waals surface area contributed by atoms with Gasteiger partial charge in [-0.2, -0.15) is 0 Å². The molecule has 88 valence electrons. The van der Waals surface area contributed by atoms with E-state index < -0.39 is 0 Å². The molecule has 1 aliphatic heterocycles. The van der Waals surface area contributed by atoms with Crippen LogP contribution in [-0.4, -0.2) is 13.1 Å². The molecule has 0 aliphatic carbocycles. The second-order valence-corrected chi connectivity index (χ2v) is 5.14. The molecule has 0 amide bonds. The van der Waals surface area contributed by atoms with Crippen LogP contribution in [0.2, 0.25) is 10.0 Å². The summed E-state index contributed by atoms with van der Waals surface area (Å²) in [5, 5.41) is 4.69. The minimum atomic E-state index is -0.00225. The number of rotatable bonds is 2. The molecule has 0 aromatic heterocycles. The maximum absolute atomic E-state index is 6.25. The molecule has 1 fully saturated rings. The molecule has 1 aromatic carbocycles. The third-order valence-electron chi connectivity index (χ3n) is 3.16. The van der Waals surface area contributed by atoms with Crippen LogP contribution in [0, 0.1) is 5.92 Å². The van der Waals surface area contributed by atoms with Crippen molar-refractivity contribution in [2.75, 3.05) is 13.1 Å². The normalized spacial score (nSPS) is 23.1. The lowest BCUT2D eigenvalue weighted by molar-refractivity contribution is 0.326. The van der Waals surface area contributed by atoms with E-state index in [2.05, 4.69) is 5.32 Å². The van der Waals surface area contributed by atoms with Crippen molar-refractivity contribution in [2.45, 2.75) is 18.9 Å². The number of hydrogen-bond acceptors (Lipinski definition) is 2. The van der Waals surface area contributed by atoms with Gasteiger partial charge in [-0.15, -0.1) is 0 Å². The molecule has 1 heterocycles. The van der Waals surface area contributed by atoms with Gasteiger partial charge in [0.05, 0.1) is 0 Å². The van der Waals surface area contributed by atoms with E-state index in [-0.39, 0.29) is 6.04 Å². The summed E-state index contributed by atoms with van der Waals surface area (Å²) in [6.07, 6.45) is 2.34. The molecule has 3 N–H and O–H groups in total. The Morgan fingerprint density at radius 3 is 2.81 bits per heavy atom. The highest BCUT2D eigenvalue weighted by atomic mass is 35.5. The zero-order valence-electron chi connectivity index (χ0n) is 9.05. The third kappa shape index (κ3) is 2.69. The Balaban J connectivity index is 2.15. The molecule has 2 unspecified atom stereocenters. The molecule has 1 saturated heterocycles. The fourth-order valence-electron chi connectivity index (χ4n) is 2.21. The Labute approximate surface area is 106 Å². The minimum Gasteiger partial charge on any atom is -0.324 e. The van der Waals surface area contributed by atoms with Gasteiger partial charge in [0.15, 0.2) is 0 Å². The molecular weight excluding hydrogens is 243 g/mol. The highest BCUT2D eigenvalue weighted by Gasteiger charge is 2.23. The molecule has 0 bridgehead atoms. The monoisotopic (exact) mass is 258 g/mol. The lowest BCUT2D eigenvalue weighted by atomic mass is 9.88. The zero-order valence-corrected chi connectivity index (χ0v) is 10.6. The van der Waals surface area contributed by atoms with Crippen LogP contribution in [0.25, 0.3) is 0 Å². The quantitative estimate of drug-likeness (QED) is 0.856. The van der Waals surface area contributed by atoms with Crippen LogP contribution in [0.1, 0.15) is 24.4 Å². The van der Waals surface area contributed by atoms with Gasteiger partial charge in [0.25, 0.3) is 0 Å². The van der Waals surface area contributed by atoms with Gasteiger partial charge < -0.3 is 11.1 Å². The Morgan fingerprint density at radius 1 is 1.38 bits per heavy atom. The topological polar surface area (TPSA) is 38.0 Å². The largest absolute Gasteiger partial charge is 0.324 e. The summed E-state index contributed by atoms with van der Waals surface area (Å²) in [4.78, 5) is 0. The molecule has 2 nitrogen and oxygen atoms in total. The van der Waals surface area contributed by atoms with Gasteiger partial charge >= 0.3 is 0 Å². The first-order valence-corrected chi connectivity index (χ1v) is 6.35. The number of halogens is 2. The van der Waals surface area contributed by atoms with Crippen LogP contribution in [0.5, 0.6) is 0 Å². The molecule has 2 atom stereocenters. The Hall–Kier alpha value is -0.280. The van der Waals surface area contributed by atoms with Crippen LogP contribution < -0.4 is 11.1 Å². The second-order valence-electron chi connectivity index (χ2n) is 4.30. The van der Waals surface area contributed by atoms with Crippen molar-refractivity contribution in [3.05, 3.63) is 33.8 Å². The van der Waals surface area contributed by atoms with E-state index in [1.165, 1.54) is 6.42 Å². The van der Waals surface area contributed by atoms with Crippen molar-refractivity contribution >= 4 is 23.2 Å². The number of nitrogens with one attached hydrogen (secondary N) is 1. The Bertz CT molecular complexity index is 362. The fourth-order valence-corrected chi connectivity index (χ4v) is 2.75. The predicted octanol–water partition coefficient (Wildman–Crippen LogP) is 2.99. The van der Waals surface area contributed by atoms with Crippen molar-refractivity contribution in [1.82, 2.24) is 5.32 Å². The highest BCUT2D eigenvalue weighted by molar-refractivity contribution is 6.35. The summed E-state index contributed by atoms with van der Waals surface area (Å²) in [5.41, 5.74) is 7.25. The molecule has 1 aromatic rings. The average molecular weight is 259 g/mol. The molecule has 2 rings (SSSR count). The summed E-state index contributed by atoms with van der Waals surface area (Å²) in [5.74, 6) is 0.465. The molecule has 0 spiro atoms. The molecule has 4 heteroatoms. The lowest BCUT2D eigenvalue weighted by Crippen LogP contribution is -2.36. The first kappa shape index (κ1) is 12.2. The van der Waals surface area contributed by atoms with E-state index in [1.54, 1.807) is 6.07 Å². The number of benzene rings is 1. The van der Waals surface area contributed by atoms with E-state index in [0.717, 1.165) is 25.1 Å². The number of piperidine rings is 1. The van der Waals surface area contributed by atoms with E-state index in [1.807, 2.05) is 12.1 Å². The van der Waals surface area contributed by atoms with Crippen molar-refractivity contribution in [1.29, 1.82) is 0 Å². The van der Waals surface area contributed by atoms with Crippen molar-refractivity contribution in [3.63, 3.8) is 0 Å². The third-order valence-corrected chi connectivity index (χ3v) is 3.73. The number of hydrogen-bond donors (Lipinski definition) is 2. The van der Waals surface area contributed by atoms with Crippen LogP contribution in [0.15, 0.2) is 18.2 Å². The smallest absolute Gasteiger partial charge is 0.0468 e. The summed E-state index contributed by atoms with van der Waals surface area (Å²) < 4.78 is 0. The van der Waals surface area contributed by atoms with E-state index >= 15 is 0 Å². The summed E-state index contributed by atoms with van der Waals surface area (Å²) in [6.45, 7) is 2.07. The fraction of sp³-hybridized carbons (Fsp3) is 0.500. The highest BCUT2D eigenvalue weighted by Crippen LogP contribution is 2.31. The van der Waals surface area contributed by atoms with E-state index in [0.29, 0.717) is 16.0 Å². The molecule has 0 saturated carbocycles. The van der Waals surface area contributed by atoms with E-state index in [9.17, 15) is 0 Å². The first-order chi connectivity index (χ1) is 7.68.